The predicted molar refractivity (Wildman–Crippen MR) is 68.5 cm³/mol. The van der Waals surface area contributed by atoms with Crippen molar-refractivity contribution in [2.75, 3.05) is 0 Å². The summed E-state index contributed by atoms with van der Waals surface area (Å²) in [6.07, 6.45) is -0.0270. The Bertz CT molecular complexity index is 460. The second kappa shape index (κ2) is 4.26. The van der Waals surface area contributed by atoms with Gasteiger partial charge in [-0.2, -0.15) is 0 Å². The lowest BCUT2D eigenvalue weighted by Gasteiger charge is -2.29. The van der Waals surface area contributed by atoms with Crippen LogP contribution in [-0.2, 0) is 6.42 Å². The van der Waals surface area contributed by atoms with Crippen molar-refractivity contribution < 1.29 is 9.90 Å². The molecule has 0 aromatic heterocycles. The monoisotopic (exact) mass is 232 g/mol. The van der Waals surface area contributed by atoms with E-state index in [1.807, 2.05) is 19.9 Å². The highest BCUT2D eigenvalue weighted by atomic mass is 16.3. The highest BCUT2D eigenvalue weighted by molar-refractivity contribution is 6.03. The summed E-state index contributed by atoms with van der Waals surface area (Å²) in [5.41, 5.74) is 4.16. The second-order valence-electron chi connectivity index (χ2n) is 5.47. The Morgan fingerprint density at radius 1 is 1.35 bits per heavy atom. The maximum absolute atomic E-state index is 12.2. The van der Waals surface area contributed by atoms with E-state index in [9.17, 15) is 9.90 Å². The van der Waals surface area contributed by atoms with Crippen LogP contribution in [0.1, 0.15) is 53.7 Å². The molecule has 92 valence electrons. The highest BCUT2D eigenvalue weighted by Crippen LogP contribution is 2.33. The van der Waals surface area contributed by atoms with Gasteiger partial charge in [-0.3, -0.25) is 4.79 Å². The molecule has 1 N–H and O–H groups in total. The van der Waals surface area contributed by atoms with Gasteiger partial charge in [-0.1, -0.05) is 32.9 Å². The molecular weight excluding hydrogens is 212 g/mol. The van der Waals surface area contributed by atoms with Crippen molar-refractivity contribution in [3.05, 3.63) is 34.4 Å². The number of hydrogen-bond acceptors (Lipinski definition) is 2. The number of ketones is 1. The van der Waals surface area contributed by atoms with Gasteiger partial charge in [0.05, 0.1) is 0 Å². The first kappa shape index (κ1) is 12.3. The van der Waals surface area contributed by atoms with E-state index in [1.54, 1.807) is 0 Å². The van der Waals surface area contributed by atoms with Crippen molar-refractivity contribution in [2.45, 2.75) is 46.1 Å². The molecule has 1 aromatic rings. The van der Waals surface area contributed by atoms with E-state index in [-0.39, 0.29) is 11.7 Å². The fourth-order valence-corrected chi connectivity index (χ4v) is 2.72. The van der Waals surface area contributed by atoms with Crippen molar-refractivity contribution >= 4 is 5.78 Å². The number of Topliss-reactive ketones (excluding diaryl/α,β-unsaturated/α-hetero) is 1. The molecule has 0 radical (unpaired) electrons. The van der Waals surface area contributed by atoms with Gasteiger partial charge in [0, 0.05) is 5.56 Å². The minimum Gasteiger partial charge on any atom is -0.385 e. The van der Waals surface area contributed by atoms with Crippen LogP contribution in [0.25, 0.3) is 0 Å². The van der Waals surface area contributed by atoms with Crippen molar-refractivity contribution in [3.8, 4) is 0 Å². The normalized spacial score (nSPS) is 24.0. The third-order valence-electron chi connectivity index (χ3n) is 3.76. The first-order valence-corrected chi connectivity index (χ1v) is 6.28. The lowest BCUT2D eigenvalue weighted by molar-refractivity contribution is 0.0595. The van der Waals surface area contributed by atoms with Gasteiger partial charge in [-0.25, -0.2) is 0 Å². The van der Waals surface area contributed by atoms with Crippen LogP contribution in [0.5, 0.6) is 0 Å². The largest absolute Gasteiger partial charge is 0.385 e. The highest BCUT2D eigenvalue weighted by Gasteiger charge is 2.33. The molecule has 0 aliphatic heterocycles. The van der Waals surface area contributed by atoms with Crippen LogP contribution in [0.2, 0.25) is 0 Å². The second-order valence-corrected chi connectivity index (χ2v) is 5.47. The summed E-state index contributed by atoms with van der Waals surface area (Å²) in [6, 6.07) is 4.12. The van der Waals surface area contributed by atoms with Gasteiger partial charge in [0.2, 0.25) is 0 Å². The number of rotatable bonds is 1. The zero-order valence-corrected chi connectivity index (χ0v) is 10.9. The molecule has 2 rings (SSSR count). The van der Waals surface area contributed by atoms with Gasteiger partial charge in [-0.05, 0) is 41.9 Å². The first-order valence-electron chi connectivity index (χ1n) is 6.28. The van der Waals surface area contributed by atoms with Gasteiger partial charge in [-0.15, -0.1) is 0 Å². The summed E-state index contributed by atoms with van der Waals surface area (Å²) in [4.78, 5) is 12.2. The number of benzene rings is 1. The molecule has 2 heteroatoms. The zero-order chi connectivity index (χ0) is 12.7. The van der Waals surface area contributed by atoms with Gasteiger partial charge in [0.25, 0.3) is 0 Å². The minimum atomic E-state index is -0.830. The molecule has 0 saturated heterocycles. The molecule has 0 amide bonds. The molecule has 0 fully saturated rings. The third-order valence-corrected chi connectivity index (χ3v) is 3.76. The number of carbonyl (C=O) groups is 1. The summed E-state index contributed by atoms with van der Waals surface area (Å²) in [6.45, 7) is 8.18. The minimum absolute atomic E-state index is 0.0225. The van der Waals surface area contributed by atoms with Crippen LogP contribution in [-0.4, -0.2) is 17.0 Å². The van der Waals surface area contributed by atoms with E-state index in [0.29, 0.717) is 5.92 Å². The molecule has 1 aromatic carbocycles. The SMILES string of the molecule is Cc1ccc(C(C)C)c2c1C(=O)C(O)C(C)C2. The molecule has 1 aliphatic rings. The molecule has 2 atom stereocenters. The van der Waals surface area contributed by atoms with Gasteiger partial charge in [0.15, 0.2) is 5.78 Å². The molecule has 0 bridgehead atoms. The molecular formula is C15H20O2. The Labute approximate surface area is 103 Å². The maximum atomic E-state index is 12.2. The van der Waals surface area contributed by atoms with Crippen LogP contribution in [0.15, 0.2) is 12.1 Å². The van der Waals surface area contributed by atoms with Crippen molar-refractivity contribution in [3.63, 3.8) is 0 Å². The molecule has 17 heavy (non-hydrogen) atoms. The third kappa shape index (κ3) is 1.91. The Balaban J connectivity index is 2.65. The Morgan fingerprint density at radius 2 is 2.00 bits per heavy atom. The van der Waals surface area contributed by atoms with Gasteiger partial charge < -0.3 is 5.11 Å². The van der Waals surface area contributed by atoms with E-state index < -0.39 is 6.10 Å². The summed E-state index contributed by atoms with van der Waals surface area (Å²) in [5.74, 6) is 0.340. The van der Waals surface area contributed by atoms with Gasteiger partial charge >= 0.3 is 0 Å². The van der Waals surface area contributed by atoms with Crippen LogP contribution in [0.4, 0.5) is 0 Å². The quantitative estimate of drug-likeness (QED) is 0.808. The predicted octanol–water partition coefficient (Wildman–Crippen LogP) is 2.85. The zero-order valence-electron chi connectivity index (χ0n) is 10.9. The van der Waals surface area contributed by atoms with E-state index in [4.69, 9.17) is 0 Å². The summed E-state index contributed by atoms with van der Waals surface area (Å²) >= 11 is 0. The molecule has 0 spiro atoms. The maximum Gasteiger partial charge on any atom is 0.192 e. The van der Waals surface area contributed by atoms with Gasteiger partial charge in [0.1, 0.15) is 6.10 Å². The van der Waals surface area contributed by atoms with Crippen LogP contribution >= 0.6 is 0 Å². The van der Waals surface area contributed by atoms with Crippen molar-refractivity contribution in [1.82, 2.24) is 0 Å². The average molecular weight is 232 g/mol. The van der Waals surface area contributed by atoms with E-state index in [0.717, 1.165) is 23.1 Å². The van der Waals surface area contributed by atoms with E-state index >= 15 is 0 Å². The van der Waals surface area contributed by atoms with Crippen molar-refractivity contribution in [1.29, 1.82) is 0 Å². The van der Waals surface area contributed by atoms with Crippen LogP contribution in [0, 0.1) is 12.8 Å². The number of hydrogen-bond donors (Lipinski definition) is 1. The fourth-order valence-electron chi connectivity index (χ4n) is 2.72. The summed E-state index contributed by atoms with van der Waals surface area (Å²) in [7, 11) is 0. The lowest BCUT2D eigenvalue weighted by Crippen LogP contribution is -2.36. The van der Waals surface area contributed by atoms with E-state index in [1.165, 1.54) is 5.56 Å². The Morgan fingerprint density at radius 3 is 2.59 bits per heavy atom. The van der Waals surface area contributed by atoms with Crippen LogP contribution < -0.4 is 0 Å². The smallest absolute Gasteiger partial charge is 0.192 e. The molecule has 1 aliphatic carbocycles. The van der Waals surface area contributed by atoms with Crippen molar-refractivity contribution in [2.24, 2.45) is 5.92 Å². The Kier molecular flexibility index (Phi) is 3.09. The number of fused-ring (bicyclic) bond motifs is 1. The molecule has 2 unspecified atom stereocenters. The molecule has 2 nitrogen and oxygen atoms in total. The van der Waals surface area contributed by atoms with E-state index in [2.05, 4.69) is 19.9 Å². The summed E-state index contributed by atoms with van der Waals surface area (Å²) in [5, 5.41) is 9.90. The molecule has 0 heterocycles. The Hall–Kier alpha value is -1.15. The fraction of sp³-hybridized carbons (Fsp3) is 0.533. The van der Waals surface area contributed by atoms with Crippen LogP contribution in [0.3, 0.4) is 0 Å². The average Bonchev–Trinajstić information content (AvgIpc) is 2.25. The standard InChI is InChI=1S/C15H20O2/c1-8(2)11-6-5-9(3)13-12(11)7-10(4)14(16)15(13)17/h5-6,8,10,14,16H,7H2,1-4H3. The number of carbonyl (C=O) groups excluding carboxylic acids is 1. The number of aliphatic hydroxyl groups is 1. The lowest BCUT2D eigenvalue weighted by atomic mass is 9.76. The number of aliphatic hydroxyl groups excluding tert-OH is 1. The topological polar surface area (TPSA) is 37.3 Å². The summed E-state index contributed by atoms with van der Waals surface area (Å²) < 4.78 is 0. The molecule has 0 saturated carbocycles. The first-order chi connectivity index (χ1) is 7.93. The number of aryl methyl sites for hydroxylation is 1.